The number of carboxylic acids is 1. The topological polar surface area (TPSA) is 84.6 Å². The second-order valence-corrected chi connectivity index (χ2v) is 7.28. The number of hydrogen-bond donors (Lipinski definition) is 1. The van der Waals surface area contributed by atoms with Crippen molar-refractivity contribution in [3.8, 4) is 6.07 Å². The summed E-state index contributed by atoms with van der Waals surface area (Å²) in [6.45, 7) is 2.24. The van der Waals surface area contributed by atoms with E-state index in [1.807, 2.05) is 6.07 Å². The number of benzene rings is 1. The third-order valence-electron chi connectivity index (χ3n) is 5.73. The van der Waals surface area contributed by atoms with E-state index in [0.29, 0.717) is 28.4 Å². The molecule has 0 bridgehead atoms. The van der Waals surface area contributed by atoms with Crippen LogP contribution in [0.15, 0.2) is 12.1 Å². The molecule has 1 aliphatic carbocycles. The largest absolute Gasteiger partial charge is 0.481 e. The first-order valence-corrected chi connectivity index (χ1v) is 8.66. The first-order valence-electron chi connectivity index (χ1n) is 8.28. The van der Waals surface area contributed by atoms with Crippen molar-refractivity contribution in [3.63, 3.8) is 0 Å². The number of hydrogen-bond acceptors (Lipinski definition) is 3. The molecular weight excluding hydrogens is 342 g/mol. The number of carboxylic acid groups (broad SMARTS) is 1. The fraction of sp³-hybridized carbons (Fsp3) is 0.500. The van der Waals surface area contributed by atoms with Crippen molar-refractivity contribution in [1.29, 1.82) is 5.26 Å². The predicted octanol–water partition coefficient (Wildman–Crippen LogP) is 3.41. The number of carbonyl (C=O) groups is 2. The second kappa shape index (κ2) is 6.23. The van der Waals surface area contributed by atoms with Crippen LogP contribution >= 0.6 is 11.6 Å². The Balaban J connectivity index is 1.99. The zero-order valence-electron chi connectivity index (χ0n) is 14.3. The molecule has 1 heterocycles. The second-order valence-electron chi connectivity index (χ2n) is 6.90. The third-order valence-corrected chi connectivity index (χ3v) is 6.22. The molecule has 25 heavy (non-hydrogen) atoms. The summed E-state index contributed by atoms with van der Waals surface area (Å²) < 4.78 is 0. The van der Waals surface area contributed by atoms with Gasteiger partial charge in [0.1, 0.15) is 6.07 Å². The van der Waals surface area contributed by atoms with E-state index in [-0.39, 0.29) is 18.4 Å². The molecule has 2 amide bonds. The van der Waals surface area contributed by atoms with Gasteiger partial charge in [0, 0.05) is 12.7 Å². The number of likely N-dealkylation sites (N-methyl/N-ethyl adjacent to an activating group) is 1. The molecule has 1 aromatic carbocycles. The smallest absolute Gasteiger partial charge is 0.324 e. The minimum Gasteiger partial charge on any atom is -0.481 e. The summed E-state index contributed by atoms with van der Waals surface area (Å²) in [5.41, 5.74) is 1.29. The quantitative estimate of drug-likeness (QED) is 0.894. The molecule has 2 aliphatic rings. The van der Waals surface area contributed by atoms with E-state index in [0.717, 1.165) is 19.3 Å². The molecule has 0 radical (unpaired) electrons. The first kappa shape index (κ1) is 17.6. The number of nitrogens with zero attached hydrogens (tertiary/aromatic N) is 3. The maximum atomic E-state index is 12.9. The average molecular weight is 362 g/mol. The van der Waals surface area contributed by atoms with Gasteiger partial charge < -0.3 is 10.0 Å². The van der Waals surface area contributed by atoms with Crippen LogP contribution in [0, 0.1) is 24.2 Å². The fourth-order valence-corrected chi connectivity index (χ4v) is 4.54. The van der Waals surface area contributed by atoms with Crippen LogP contribution in [0.5, 0.6) is 0 Å². The number of anilines is 1. The van der Waals surface area contributed by atoms with Crippen molar-refractivity contribution in [2.45, 2.75) is 38.1 Å². The number of nitriles is 1. The normalized spacial score (nSPS) is 25.7. The van der Waals surface area contributed by atoms with Crippen LogP contribution < -0.4 is 4.90 Å². The summed E-state index contributed by atoms with van der Waals surface area (Å²) in [5.74, 6) is -0.888. The lowest BCUT2D eigenvalue weighted by Gasteiger charge is -2.35. The zero-order valence-corrected chi connectivity index (χ0v) is 15.0. The molecule has 0 aromatic heterocycles. The highest BCUT2D eigenvalue weighted by molar-refractivity contribution is 6.33. The lowest BCUT2D eigenvalue weighted by molar-refractivity contribution is -0.138. The Labute approximate surface area is 151 Å². The summed E-state index contributed by atoms with van der Waals surface area (Å²) >= 11 is 6.26. The van der Waals surface area contributed by atoms with Crippen LogP contribution in [-0.4, -0.2) is 41.1 Å². The van der Waals surface area contributed by atoms with Gasteiger partial charge >= 0.3 is 12.0 Å². The minimum atomic E-state index is -0.830. The fourth-order valence-electron chi connectivity index (χ4n) is 4.34. The van der Waals surface area contributed by atoms with Crippen molar-refractivity contribution in [1.82, 2.24) is 4.90 Å². The van der Waals surface area contributed by atoms with Crippen LogP contribution in [0.25, 0.3) is 0 Å². The Morgan fingerprint density at radius 3 is 2.88 bits per heavy atom. The van der Waals surface area contributed by atoms with Crippen molar-refractivity contribution >= 4 is 29.3 Å². The highest BCUT2D eigenvalue weighted by Gasteiger charge is 2.55. The van der Waals surface area contributed by atoms with Crippen LogP contribution in [0.1, 0.15) is 36.8 Å². The highest BCUT2D eigenvalue weighted by atomic mass is 35.5. The standard InChI is InChI=1S/C18H20ClN3O3/c1-11-14(6-5-12(9-20)16(11)19)22-10-18(21(2)17(22)25)7-3-4-13(18)8-15(23)24/h5-6,13H,3-4,7-8,10H2,1-2H3,(H,23,24). The molecule has 1 aromatic rings. The highest BCUT2D eigenvalue weighted by Crippen LogP contribution is 2.47. The van der Waals surface area contributed by atoms with Gasteiger partial charge in [-0.25, -0.2) is 4.79 Å². The molecule has 7 heteroatoms. The number of carbonyl (C=O) groups excluding carboxylic acids is 1. The summed E-state index contributed by atoms with van der Waals surface area (Å²) in [5, 5.41) is 18.7. The predicted molar refractivity (Wildman–Crippen MR) is 93.7 cm³/mol. The number of aliphatic carboxylic acids is 1. The third kappa shape index (κ3) is 2.63. The summed E-state index contributed by atoms with van der Waals surface area (Å²) in [6, 6.07) is 5.25. The van der Waals surface area contributed by atoms with E-state index in [1.165, 1.54) is 0 Å². The summed E-state index contributed by atoms with van der Waals surface area (Å²) in [6.07, 6.45) is 2.59. The molecule has 3 rings (SSSR count). The molecule has 1 saturated heterocycles. The van der Waals surface area contributed by atoms with Crippen LogP contribution in [0.3, 0.4) is 0 Å². The summed E-state index contributed by atoms with van der Waals surface area (Å²) in [7, 11) is 1.75. The number of halogens is 1. The number of amides is 2. The first-order chi connectivity index (χ1) is 11.8. The monoisotopic (exact) mass is 361 g/mol. The van der Waals surface area contributed by atoms with Crippen LogP contribution in [0.4, 0.5) is 10.5 Å². The van der Waals surface area contributed by atoms with E-state index in [4.69, 9.17) is 16.9 Å². The number of rotatable bonds is 3. The van der Waals surface area contributed by atoms with Gasteiger partial charge in [0.2, 0.25) is 0 Å². The molecule has 6 nitrogen and oxygen atoms in total. The molecular formula is C18H20ClN3O3. The molecule has 2 fully saturated rings. The van der Waals surface area contributed by atoms with E-state index in [9.17, 15) is 14.7 Å². The molecule has 1 aliphatic heterocycles. The van der Waals surface area contributed by atoms with Gasteiger partial charge in [-0.3, -0.25) is 9.69 Å². The Hall–Kier alpha value is -2.26. The zero-order chi connectivity index (χ0) is 18.4. The Morgan fingerprint density at radius 1 is 1.52 bits per heavy atom. The van der Waals surface area contributed by atoms with Crippen LogP contribution in [0.2, 0.25) is 5.02 Å². The van der Waals surface area contributed by atoms with Crippen molar-refractivity contribution in [3.05, 3.63) is 28.3 Å². The molecule has 1 spiro atoms. The van der Waals surface area contributed by atoms with E-state index in [1.54, 1.807) is 35.9 Å². The van der Waals surface area contributed by atoms with Crippen molar-refractivity contribution in [2.75, 3.05) is 18.5 Å². The Bertz CT molecular complexity index is 789. The van der Waals surface area contributed by atoms with E-state index >= 15 is 0 Å². The minimum absolute atomic E-state index is 0.0573. The molecule has 2 atom stereocenters. The van der Waals surface area contributed by atoms with Crippen molar-refractivity contribution in [2.24, 2.45) is 5.92 Å². The van der Waals surface area contributed by atoms with Gasteiger partial charge in [-0.05, 0) is 43.4 Å². The van der Waals surface area contributed by atoms with Gasteiger partial charge in [-0.15, -0.1) is 0 Å². The molecule has 1 saturated carbocycles. The maximum Gasteiger partial charge on any atom is 0.324 e. The van der Waals surface area contributed by atoms with Gasteiger partial charge in [0.15, 0.2) is 0 Å². The van der Waals surface area contributed by atoms with E-state index in [2.05, 4.69) is 0 Å². The van der Waals surface area contributed by atoms with Crippen LogP contribution in [-0.2, 0) is 4.79 Å². The number of urea groups is 1. The maximum absolute atomic E-state index is 12.9. The van der Waals surface area contributed by atoms with Gasteiger partial charge in [-0.2, -0.15) is 5.26 Å². The lowest BCUT2D eigenvalue weighted by atomic mass is 9.84. The molecule has 132 valence electrons. The lowest BCUT2D eigenvalue weighted by Crippen LogP contribution is -2.48. The summed E-state index contributed by atoms with van der Waals surface area (Å²) in [4.78, 5) is 27.5. The molecule has 1 N–H and O–H groups in total. The van der Waals surface area contributed by atoms with Gasteiger partial charge in [0.25, 0.3) is 0 Å². The Kier molecular flexibility index (Phi) is 4.38. The van der Waals surface area contributed by atoms with Gasteiger partial charge in [-0.1, -0.05) is 18.0 Å². The molecule has 2 unspecified atom stereocenters. The average Bonchev–Trinajstić information content (AvgIpc) is 3.07. The van der Waals surface area contributed by atoms with Gasteiger partial charge in [0.05, 0.1) is 29.1 Å². The van der Waals surface area contributed by atoms with E-state index < -0.39 is 11.5 Å². The van der Waals surface area contributed by atoms with Crippen molar-refractivity contribution < 1.29 is 14.7 Å². The SMILES string of the molecule is Cc1c(N2CC3(CCCC3CC(=O)O)N(C)C2=O)ccc(C#N)c1Cl. The Morgan fingerprint density at radius 2 is 2.24 bits per heavy atom.